The number of rotatable bonds is 8. The second-order valence-corrected chi connectivity index (χ2v) is 6.58. The van der Waals surface area contributed by atoms with Gasteiger partial charge >= 0.3 is 0 Å². The van der Waals surface area contributed by atoms with Gasteiger partial charge in [-0.2, -0.15) is 0 Å². The maximum absolute atomic E-state index is 11.8. The van der Waals surface area contributed by atoms with Crippen molar-refractivity contribution >= 4 is 5.78 Å². The zero-order valence-corrected chi connectivity index (χ0v) is 15.6. The summed E-state index contributed by atoms with van der Waals surface area (Å²) in [4.78, 5) is 11.8. The van der Waals surface area contributed by atoms with Gasteiger partial charge in [-0.15, -0.1) is 24.2 Å². The van der Waals surface area contributed by atoms with Crippen molar-refractivity contribution in [1.82, 2.24) is 5.32 Å². The lowest BCUT2D eigenvalue weighted by Crippen LogP contribution is -2.23. The van der Waals surface area contributed by atoms with Gasteiger partial charge in [-0.1, -0.05) is 49.0 Å². The van der Waals surface area contributed by atoms with Crippen LogP contribution in [0.15, 0.2) is 0 Å². The zero-order chi connectivity index (χ0) is 17.5. The van der Waals surface area contributed by atoms with Crippen molar-refractivity contribution in [2.75, 3.05) is 6.54 Å². The van der Waals surface area contributed by atoms with Gasteiger partial charge in [0.15, 0.2) is 0 Å². The van der Waals surface area contributed by atoms with Gasteiger partial charge in [-0.25, -0.2) is 0 Å². The summed E-state index contributed by atoms with van der Waals surface area (Å²) < 4.78 is 0. The Morgan fingerprint density at radius 1 is 1.13 bits per heavy atom. The monoisotopic (exact) mass is 321 g/mol. The average molecular weight is 322 g/mol. The fourth-order valence-electron chi connectivity index (χ4n) is 2.00. The minimum absolute atomic E-state index is 0. The molecule has 1 N–H and O–H groups in total. The summed E-state index contributed by atoms with van der Waals surface area (Å²) in [5.74, 6) is 9.65. The smallest absolute Gasteiger partial charge is 0.139 e. The summed E-state index contributed by atoms with van der Waals surface area (Å²) >= 11 is 0. The highest BCUT2D eigenvalue weighted by atomic mass is 16.1. The third kappa shape index (κ3) is 18.7. The van der Waals surface area contributed by atoms with Gasteiger partial charge in [0.05, 0.1) is 0 Å². The first kappa shape index (κ1) is 26.6. The summed E-state index contributed by atoms with van der Waals surface area (Å²) in [6, 6.07) is 0.559. The van der Waals surface area contributed by atoms with E-state index in [1.165, 1.54) is 0 Å². The van der Waals surface area contributed by atoms with Crippen molar-refractivity contribution in [3.05, 3.63) is 0 Å². The van der Waals surface area contributed by atoms with Crippen LogP contribution in [0.5, 0.6) is 0 Å². The maximum atomic E-state index is 11.8. The largest absolute Gasteiger partial charge is 0.314 e. The molecule has 0 amide bonds. The highest BCUT2D eigenvalue weighted by Crippen LogP contribution is 2.19. The van der Waals surface area contributed by atoms with Crippen LogP contribution in [-0.4, -0.2) is 18.4 Å². The molecule has 2 nitrogen and oxygen atoms in total. The molecule has 0 rings (SSSR count). The molecule has 0 unspecified atom stereocenters. The Hall–Kier alpha value is -1.25. The predicted octanol–water partition coefficient (Wildman–Crippen LogP) is 4.93. The van der Waals surface area contributed by atoms with Gasteiger partial charge in [-0.3, -0.25) is 4.79 Å². The minimum Gasteiger partial charge on any atom is -0.314 e. The first-order chi connectivity index (χ1) is 10.3. The summed E-state index contributed by atoms with van der Waals surface area (Å²) in [5, 5.41) is 3.20. The lowest BCUT2D eigenvalue weighted by Gasteiger charge is -2.17. The van der Waals surface area contributed by atoms with Crippen LogP contribution in [0.4, 0.5) is 0 Å². The first-order valence-electron chi connectivity index (χ1n) is 8.36. The molecule has 2 heteroatoms. The first-order valence-corrected chi connectivity index (χ1v) is 8.36. The Bertz CT molecular complexity index is 377. The van der Waals surface area contributed by atoms with E-state index in [-0.39, 0.29) is 19.3 Å². The Morgan fingerprint density at radius 3 is 2.04 bits per heavy atom. The number of carbonyl (C=O) groups excluding carboxylic acids is 1. The van der Waals surface area contributed by atoms with Crippen LogP contribution in [0, 0.1) is 41.9 Å². The molecular weight excluding hydrogens is 282 g/mol. The van der Waals surface area contributed by atoms with Crippen LogP contribution >= 0.6 is 0 Å². The third-order valence-corrected chi connectivity index (χ3v) is 3.07. The van der Waals surface area contributed by atoms with Crippen LogP contribution in [0.3, 0.4) is 0 Å². The molecule has 0 aromatic heterocycles. The lowest BCUT2D eigenvalue weighted by atomic mass is 9.86. The summed E-state index contributed by atoms with van der Waals surface area (Å²) in [7, 11) is 0. The molecule has 0 spiro atoms. The van der Waals surface area contributed by atoms with Crippen molar-refractivity contribution in [1.29, 1.82) is 0 Å². The number of hydrogen-bond acceptors (Lipinski definition) is 2. The molecule has 0 heterocycles. The highest BCUT2D eigenvalue weighted by molar-refractivity contribution is 5.83. The Balaban J connectivity index is -0.000000382. The fraction of sp³-hybridized carbons (Fsp3) is 0.762. The maximum Gasteiger partial charge on any atom is 0.139 e. The molecule has 0 aromatic carbocycles. The lowest BCUT2D eigenvalue weighted by molar-refractivity contribution is -0.126. The Kier molecular flexibility index (Phi) is 19.8. The van der Waals surface area contributed by atoms with Crippen LogP contribution < -0.4 is 5.32 Å². The van der Waals surface area contributed by atoms with Gasteiger partial charge in [0.25, 0.3) is 0 Å². The summed E-state index contributed by atoms with van der Waals surface area (Å²) in [6.07, 6.45) is 7.55. The average Bonchev–Trinajstić information content (AvgIpc) is 2.42. The predicted molar refractivity (Wildman–Crippen MR) is 104 cm³/mol. The second kappa shape index (κ2) is 17.1. The van der Waals surface area contributed by atoms with Crippen LogP contribution in [0.2, 0.25) is 0 Å². The quantitative estimate of drug-likeness (QED) is 0.507. The standard InChI is InChI=1S/C13H22O.C7H13N.CH4/c1-6-7-8-12(9-10(2)3)13(14)11(4)5;1-4-5-6-8-7(2)3;/h10-12H,8-9H2,1-5H3;1,7-8H,5-6H2,2-3H3;1H4/t12-;;/m1../s1. The number of Topliss-reactive ketones (excluding diaryl/α,β-unsaturated/α-hetero) is 1. The van der Waals surface area contributed by atoms with E-state index in [4.69, 9.17) is 6.42 Å². The van der Waals surface area contributed by atoms with E-state index in [0.29, 0.717) is 17.7 Å². The molecule has 0 radical (unpaired) electrons. The van der Waals surface area contributed by atoms with E-state index in [1.807, 2.05) is 20.8 Å². The molecule has 0 saturated carbocycles. The van der Waals surface area contributed by atoms with E-state index in [1.54, 1.807) is 0 Å². The van der Waals surface area contributed by atoms with Crippen molar-refractivity contribution < 1.29 is 4.79 Å². The summed E-state index contributed by atoms with van der Waals surface area (Å²) in [6.45, 7) is 15.2. The number of nitrogens with one attached hydrogen (secondary N) is 1. The van der Waals surface area contributed by atoms with Crippen molar-refractivity contribution in [3.8, 4) is 24.2 Å². The topological polar surface area (TPSA) is 29.1 Å². The molecule has 0 fully saturated rings. The van der Waals surface area contributed by atoms with Gasteiger partial charge in [0.1, 0.15) is 5.78 Å². The van der Waals surface area contributed by atoms with E-state index < -0.39 is 0 Å². The van der Waals surface area contributed by atoms with Crippen LogP contribution in [-0.2, 0) is 4.79 Å². The number of hydrogen-bond donors (Lipinski definition) is 1. The third-order valence-electron chi connectivity index (χ3n) is 3.07. The van der Waals surface area contributed by atoms with Gasteiger partial charge in [0, 0.05) is 37.3 Å². The van der Waals surface area contributed by atoms with Crippen LogP contribution in [0.1, 0.15) is 75.2 Å². The second-order valence-electron chi connectivity index (χ2n) is 6.58. The molecule has 0 aromatic rings. The van der Waals surface area contributed by atoms with Gasteiger partial charge in [0.2, 0.25) is 0 Å². The molecule has 0 saturated heterocycles. The Labute approximate surface area is 146 Å². The van der Waals surface area contributed by atoms with E-state index in [9.17, 15) is 4.79 Å². The molecule has 1 atom stereocenters. The normalized spacial score (nSPS) is 10.8. The van der Waals surface area contributed by atoms with Crippen LogP contribution in [0.25, 0.3) is 0 Å². The summed E-state index contributed by atoms with van der Waals surface area (Å²) in [5.41, 5.74) is 0. The van der Waals surface area contributed by atoms with Gasteiger partial charge in [-0.05, 0) is 19.3 Å². The fourth-order valence-corrected chi connectivity index (χ4v) is 2.00. The van der Waals surface area contributed by atoms with Crippen molar-refractivity contribution in [2.45, 2.75) is 81.2 Å². The van der Waals surface area contributed by atoms with Gasteiger partial charge < -0.3 is 5.32 Å². The molecule has 0 bridgehead atoms. The van der Waals surface area contributed by atoms with E-state index >= 15 is 0 Å². The molecule has 0 aliphatic heterocycles. The molecule has 23 heavy (non-hydrogen) atoms. The Morgan fingerprint density at radius 2 is 1.70 bits per heavy atom. The van der Waals surface area contributed by atoms with Crippen molar-refractivity contribution in [3.63, 3.8) is 0 Å². The SMILES string of the molecule is C.C#CCCNC(C)C.CC#CC[C@H](CC(C)C)C(=O)C(C)C. The highest BCUT2D eigenvalue weighted by Gasteiger charge is 2.20. The van der Waals surface area contributed by atoms with E-state index in [0.717, 1.165) is 25.8 Å². The van der Waals surface area contributed by atoms with Crippen molar-refractivity contribution in [2.24, 2.45) is 17.8 Å². The number of ketones is 1. The number of terminal acetylenes is 1. The zero-order valence-electron chi connectivity index (χ0n) is 15.6. The van der Waals surface area contributed by atoms with E-state index in [2.05, 4.69) is 50.8 Å². The molecule has 0 aliphatic rings. The minimum atomic E-state index is 0. The molecular formula is C21H39NO. The molecule has 0 aliphatic carbocycles. The number of carbonyl (C=O) groups is 1. The molecule has 134 valence electrons.